The topological polar surface area (TPSA) is 0 Å². The highest BCUT2D eigenvalue weighted by molar-refractivity contribution is 8.07. The van der Waals surface area contributed by atoms with Crippen molar-refractivity contribution in [2.75, 3.05) is 17.3 Å². The first-order valence-corrected chi connectivity index (χ1v) is 4.83. The van der Waals surface area contributed by atoms with Gasteiger partial charge in [-0.1, -0.05) is 14.4 Å². The van der Waals surface area contributed by atoms with Crippen LogP contribution >= 0.6 is 23.5 Å². The Balaban J connectivity index is 0.000000490. The largest absolute Gasteiger partial charge is 0.160 e. The van der Waals surface area contributed by atoms with Crippen molar-refractivity contribution >= 4 is 23.5 Å². The van der Waals surface area contributed by atoms with Crippen LogP contribution in [-0.2, 0) is 0 Å². The van der Waals surface area contributed by atoms with E-state index in [2.05, 4.69) is 30.4 Å². The standard InChI is InChI=1S/C5H10S2.CH4/c1-2-7-5-3-6-4-5;/h5H,2-4H2,1H3;1H4. The Morgan fingerprint density at radius 3 is 2.38 bits per heavy atom. The van der Waals surface area contributed by atoms with Crippen LogP contribution in [0.3, 0.4) is 0 Å². The van der Waals surface area contributed by atoms with E-state index in [0.717, 1.165) is 5.25 Å². The smallest absolute Gasteiger partial charge is 0.0228 e. The zero-order valence-electron chi connectivity index (χ0n) is 4.52. The minimum Gasteiger partial charge on any atom is -0.160 e. The molecule has 0 bridgehead atoms. The Morgan fingerprint density at radius 1 is 1.62 bits per heavy atom. The summed E-state index contributed by atoms with van der Waals surface area (Å²) in [4.78, 5) is 0. The third kappa shape index (κ3) is 2.31. The lowest BCUT2D eigenvalue weighted by atomic mass is 10.5. The van der Waals surface area contributed by atoms with Gasteiger partial charge in [-0.25, -0.2) is 0 Å². The molecule has 0 aliphatic carbocycles. The Bertz CT molecular complexity index is 50.5. The van der Waals surface area contributed by atoms with Crippen molar-refractivity contribution < 1.29 is 0 Å². The van der Waals surface area contributed by atoms with Gasteiger partial charge in [-0.15, -0.1) is 0 Å². The van der Waals surface area contributed by atoms with Crippen molar-refractivity contribution in [2.24, 2.45) is 0 Å². The summed E-state index contributed by atoms with van der Waals surface area (Å²) in [6.07, 6.45) is 0. The molecule has 0 aromatic rings. The fraction of sp³-hybridized carbons (Fsp3) is 1.00. The first-order valence-electron chi connectivity index (χ1n) is 2.63. The van der Waals surface area contributed by atoms with E-state index >= 15 is 0 Å². The van der Waals surface area contributed by atoms with Gasteiger partial charge in [-0.2, -0.15) is 23.5 Å². The number of rotatable bonds is 2. The molecular weight excluding hydrogens is 136 g/mol. The molecule has 0 aromatic heterocycles. The molecule has 1 heterocycles. The van der Waals surface area contributed by atoms with E-state index in [-0.39, 0.29) is 7.43 Å². The summed E-state index contributed by atoms with van der Waals surface area (Å²) in [7, 11) is 0. The van der Waals surface area contributed by atoms with Crippen LogP contribution in [0.4, 0.5) is 0 Å². The highest BCUT2D eigenvalue weighted by atomic mass is 32.2. The normalized spacial score (nSPS) is 19.1. The van der Waals surface area contributed by atoms with E-state index in [1.54, 1.807) is 0 Å². The van der Waals surface area contributed by atoms with Gasteiger partial charge in [0.05, 0.1) is 0 Å². The molecule has 8 heavy (non-hydrogen) atoms. The molecule has 1 fully saturated rings. The molecule has 1 aliphatic rings. The van der Waals surface area contributed by atoms with Gasteiger partial charge in [-0.3, -0.25) is 0 Å². The molecule has 1 saturated heterocycles. The monoisotopic (exact) mass is 150 g/mol. The van der Waals surface area contributed by atoms with Gasteiger partial charge in [0.15, 0.2) is 0 Å². The molecule has 0 unspecified atom stereocenters. The molecule has 0 amide bonds. The van der Waals surface area contributed by atoms with Crippen LogP contribution in [0.2, 0.25) is 0 Å². The van der Waals surface area contributed by atoms with Crippen molar-refractivity contribution in [3.8, 4) is 0 Å². The molecular formula is C6H14S2. The minimum absolute atomic E-state index is 0. The quantitative estimate of drug-likeness (QED) is 0.593. The maximum absolute atomic E-state index is 2.23. The fourth-order valence-electron chi connectivity index (χ4n) is 0.546. The molecule has 0 N–H and O–H groups in total. The van der Waals surface area contributed by atoms with E-state index in [0.29, 0.717) is 0 Å². The summed E-state index contributed by atoms with van der Waals surface area (Å²) in [5, 5.41) is 1.01. The first-order chi connectivity index (χ1) is 3.43. The summed E-state index contributed by atoms with van der Waals surface area (Å²) < 4.78 is 0. The molecule has 2 heteroatoms. The molecule has 50 valence electrons. The second-order valence-electron chi connectivity index (χ2n) is 1.61. The average molecular weight is 150 g/mol. The van der Waals surface area contributed by atoms with E-state index in [1.807, 2.05) is 0 Å². The number of hydrogen-bond donors (Lipinski definition) is 0. The third-order valence-corrected chi connectivity index (χ3v) is 3.85. The lowest BCUT2D eigenvalue weighted by Gasteiger charge is -2.22. The van der Waals surface area contributed by atoms with Crippen molar-refractivity contribution in [1.82, 2.24) is 0 Å². The van der Waals surface area contributed by atoms with Crippen molar-refractivity contribution in [3.05, 3.63) is 0 Å². The lowest BCUT2D eigenvalue weighted by Crippen LogP contribution is -2.20. The second kappa shape index (κ2) is 4.57. The Morgan fingerprint density at radius 2 is 2.25 bits per heavy atom. The van der Waals surface area contributed by atoms with Gasteiger partial charge < -0.3 is 0 Å². The predicted octanol–water partition coefficient (Wildman–Crippen LogP) is 2.49. The van der Waals surface area contributed by atoms with Gasteiger partial charge >= 0.3 is 0 Å². The Labute approximate surface area is 60.8 Å². The van der Waals surface area contributed by atoms with E-state index < -0.39 is 0 Å². The van der Waals surface area contributed by atoms with Crippen molar-refractivity contribution in [2.45, 2.75) is 19.6 Å². The van der Waals surface area contributed by atoms with Crippen LogP contribution in [0.1, 0.15) is 14.4 Å². The Kier molecular flexibility index (Phi) is 4.97. The summed E-state index contributed by atoms with van der Waals surface area (Å²) in [5.74, 6) is 4.10. The molecule has 1 rings (SSSR count). The SMILES string of the molecule is C.CCSC1CSC1. The molecule has 0 spiro atoms. The molecule has 0 saturated carbocycles. The van der Waals surface area contributed by atoms with E-state index in [1.165, 1.54) is 17.3 Å². The van der Waals surface area contributed by atoms with Crippen LogP contribution < -0.4 is 0 Å². The van der Waals surface area contributed by atoms with E-state index in [4.69, 9.17) is 0 Å². The maximum atomic E-state index is 2.23. The van der Waals surface area contributed by atoms with Crippen molar-refractivity contribution in [1.29, 1.82) is 0 Å². The summed E-state index contributed by atoms with van der Waals surface area (Å²) in [6.45, 7) is 2.23. The zero-order valence-corrected chi connectivity index (χ0v) is 6.15. The van der Waals surface area contributed by atoms with Crippen LogP contribution in [-0.4, -0.2) is 22.5 Å². The zero-order chi connectivity index (χ0) is 5.11. The highest BCUT2D eigenvalue weighted by Crippen LogP contribution is 2.28. The van der Waals surface area contributed by atoms with Gasteiger partial charge in [0.2, 0.25) is 0 Å². The summed E-state index contributed by atoms with van der Waals surface area (Å²) in [6, 6.07) is 0. The molecule has 0 radical (unpaired) electrons. The predicted molar refractivity (Wildman–Crippen MR) is 46.0 cm³/mol. The van der Waals surface area contributed by atoms with Crippen LogP contribution in [0.5, 0.6) is 0 Å². The highest BCUT2D eigenvalue weighted by Gasteiger charge is 2.16. The second-order valence-corrected chi connectivity index (χ2v) is 4.27. The van der Waals surface area contributed by atoms with Crippen LogP contribution in [0.25, 0.3) is 0 Å². The van der Waals surface area contributed by atoms with Gasteiger partial charge in [-0.05, 0) is 5.75 Å². The van der Waals surface area contributed by atoms with Crippen LogP contribution in [0.15, 0.2) is 0 Å². The maximum Gasteiger partial charge on any atom is 0.0228 e. The third-order valence-electron chi connectivity index (χ3n) is 1.01. The van der Waals surface area contributed by atoms with E-state index in [9.17, 15) is 0 Å². The van der Waals surface area contributed by atoms with Gasteiger partial charge in [0, 0.05) is 16.8 Å². The van der Waals surface area contributed by atoms with Gasteiger partial charge in [0.1, 0.15) is 0 Å². The summed E-state index contributed by atoms with van der Waals surface area (Å²) >= 11 is 4.16. The fourth-order valence-corrected chi connectivity index (χ4v) is 2.79. The molecule has 1 aliphatic heterocycles. The van der Waals surface area contributed by atoms with Gasteiger partial charge in [0.25, 0.3) is 0 Å². The molecule has 0 nitrogen and oxygen atoms in total. The summed E-state index contributed by atoms with van der Waals surface area (Å²) in [5.41, 5.74) is 0. The molecule has 0 aromatic carbocycles. The average Bonchev–Trinajstić information content (AvgIpc) is 1.55. The number of thioether (sulfide) groups is 2. The molecule has 0 atom stereocenters. The first kappa shape index (κ1) is 8.70. The lowest BCUT2D eigenvalue weighted by molar-refractivity contribution is 1.08. The van der Waals surface area contributed by atoms with Crippen LogP contribution in [0, 0.1) is 0 Å². The van der Waals surface area contributed by atoms with Crippen molar-refractivity contribution in [3.63, 3.8) is 0 Å². The minimum atomic E-state index is 0. The Hall–Kier alpha value is 0.700. The number of hydrogen-bond acceptors (Lipinski definition) is 2.